The Balaban J connectivity index is 2.11. The molecule has 1 aromatic carbocycles. The van der Waals surface area contributed by atoms with E-state index < -0.39 is 28.4 Å². The Labute approximate surface area is 130 Å². The molecular formula is C15H13FN2O5. The van der Waals surface area contributed by atoms with Crippen molar-refractivity contribution < 1.29 is 23.6 Å². The van der Waals surface area contributed by atoms with E-state index >= 15 is 0 Å². The summed E-state index contributed by atoms with van der Waals surface area (Å²) in [5, 5.41) is 22.6. The molecule has 2 aromatic rings. The third-order valence-electron chi connectivity index (χ3n) is 2.99. The molecule has 120 valence electrons. The van der Waals surface area contributed by atoms with E-state index in [9.17, 15) is 24.4 Å². The van der Waals surface area contributed by atoms with E-state index in [4.69, 9.17) is 4.42 Å². The lowest BCUT2D eigenvalue weighted by molar-refractivity contribution is -0.385. The van der Waals surface area contributed by atoms with Gasteiger partial charge in [-0.25, -0.2) is 4.39 Å². The van der Waals surface area contributed by atoms with E-state index in [1.807, 2.05) is 0 Å². The summed E-state index contributed by atoms with van der Waals surface area (Å²) in [5.74, 6) is -0.947. The van der Waals surface area contributed by atoms with Gasteiger partial charge >= 0.3 is 0 Å². The van der Waals surface area contributed by atoms with Gasteiger partial charge in [-0.2, -0.15) is 0 Å². The van der Waals surface area contributed by atoms with Crippen molar-refractivity contribution in [3.05, 3.63) is 69.9 Å². The summed E-state index contributed by atoms with van der Waals surface area (Å²) in [6.07, 6.45) is 3.66. The summed E-state index contributed by atoms with van der Waals surface area (Å²) in [6.45, 7) is -0.371. The topological polar surface area (TPSA) is 106 Å². The lowest BCUT2D eigenvalue weighted by Gasteiger charge is -2.12. The van der Waals surface area contributed by atoms with Crippen molar-refractivity contribution in [2.75, 3.05) is 6.61 Å². The Morgan fingerprint density at radius 3 is 2.87 bits per heavy atom. The van der Waals surface area contributed by atoms with Gasteiger partial charge in [0.05, 0.1) is 29.4 Å². The molecule has 1 atom stereocenters. The summed E-state index contributed by atoms with van der Waals surface area (Å²) in [6, 6.07) is 5.51. The lowest BCUT2D eigenvalue weighted by atomic mass is 10.1. The van der Waals surface area contributed by atoms with Crippen LogP contribution in [0.1, 0.15) is 17.4 Å². The molecular weight excluding hydrogens is 307 g/mol. The van der Waals surface area contributed by atoms with Crippen molar-refractivity contribution in [2.45, 2.75) is 6.04 Å². The van der Waals surface area contributed by atoms with Crippen LogP contribution in [-0.4, -0.2) is 22.5 Å². The van der Waals surface area contributed by atoms with E-state index in [-0.39, 0.29) is 12.2 Å². The molecule has 2 rings (SSSR count). The molecule has 1 unspecified atom stereocenters. The van der Waals surface area contributed by atoms with Crippen molar-refractivity contribution in [1.29, 1.82) is 0 Å². The fourth-order valence-corrected chi connectivity index (χ4v) is 1.90. The molecule has 23 heavy (non-hydrogen) atoms. The first kappa shape index (κ1) is 16.4. The zero-order valence-electron chi connectivity index (χ0n) is 11.8. The average molecular weight is 320 g/mol. The molecule has 1 aromatic heterocycles. The maximum Gasteiger partial charge on any atom is 0.279 e. The van der Waals surface area contributed by atoms with Crippen LogP contribution in [0.25, 0.3) is 6.08 Å². The standard InChI is InChI=1S/C15H13FN2O5/c16-11-5-3-10(13(8-11)18(21)22)4-6-15(20)17-12(9-19)14-2-1-7-23-14/h1-8,12,19H,9H2,(H,17,20)/b6-4+. The fourth-order valence-electron chi connectivity index (χ4n) is 1.90. The second-order valence-corrected chi connectivity index (χ2v) is 4.55. The average Bonchev–Trinajstić information content (AvgIpc) is 3.05. The molecule has 0 spiro atoms. The summed E-state index contributed by atoms with van der Waals surface area (Å²) in [5.41, 5.74) is -0.358. The van der Waals surface area contributed by atoms with Crippen molar-refractivity contribution in [3.8, 4) is 0 Å². The first-order valence-corrected chi connectivity index (χ1v) is 6.58. The van der Waals surface area contributed by atoms with Crippen LogP contribution in [-0.2, 0) is 4.79 Å². The normalized spacial score (nSPS) is 12.3. The molecule has 0 aliphatic carbocycles. The number of carbonyl (C=O) groups is 1. The number of hydrogen-bond donors (Lipinski definition) is 2. The predicted molar refractivity (Wildman–Crippen MR) is 78.8 cm³/mol. The van der Waals surface area contributed by atoms with Crippen molar-refractivity contribution >= 4 is 17.7 Å². The Morgan fingerprint density at radius 1 is 1.48 bits per heavy atom. The van der Waals surface area contributed by atoms with Gasteiger partial charge in [0.1, 0.15) is 17.6 Å². The summed E-state index contributed by atoms with van der Waals surface area (Å²) in [7, 11) is 0. The molecule has 0 bridgehead atoms. The molecule has 1 amide bonds. The van der Waals surface area contributed by atoms with Crippen molar-refractivity contribution in [3.63, 3.8) is 0 Å². The number of hydrogen-bond acceptors (Lipinski definition) is 5. The molecule has 8 heteroatoms. The molecule has 2 N–H and O–H groups in total. The van der Waals surface area contributed by atoms with Gasteiger partial charge in [-0.1, -0.05) is 0 Å². The van der Waals surface area contributed by atoms with Crippen LogP contribution in [0.3, 0.4) is 0 Å². The molecule has 0 fully saturated rings. The lowest BCUT2D eigenvalue weighted by Crippen LogP contribution is -2.28. The molecule has 0 saturated heterocycles. The minimum atomic E-state index is -0.739. The smallest absolute Gasteiger partial charge is 0.279 e. The summed E-state index contributed by atoms with van der Waals surface area (Å²) in [4.78, 5) is 22.0. The highest BCUT2D eigenvalue weighted by molar-refractivity contribution is 5.92. The van der Waals surface area contributed by atoms with Gasteiger partial charge in [-0.3, -0.25) is 14.9 Å². The number of nitrogens with zero attached hydrogens (tertiary/aromatic N) is 1. The molecule has 7 nitrogen and oxygen atoms in total. The van der Waals surface area contributed by atoms with Crippen LogP contribution in [0, 0.1) is 15.9 Å². The van der Waals surface area contributed by atoms with Gasteiger partial charge in [0.25, 0.3) is 5.69 Å². The first-order chi connectivity index (χ1) is 11.0. The number of aliphatic hydroxyl groups excluding tert-OH is 1. The van der Waals surface area contributed by atoms with Crippen molar-refractivity contribution in [1.82, 2.24) is 5.32 Å². The van der Waals surface area contributed by atoms with E-state index in [1.165, 1.54) is 18.4 Å². The van der Waals surface area contributed by atoms with E-state index in [2.05, 4.69) is 5.32 Å². The predicted octanol–water partition coefficient (Wildman–Crippen LogP) is 2.19. The van der Waals surface area contributed by atoms with Gasteiger partial charge in [0, 0.05) is 6.08 Å². The number of nitro benzene ring substituents is 1. The Hall–Kier alpha value is -3.00. The maximum absolute atomic E-state index is 13.0. The van der Waals surface area contributed by atoms with Crippen LogP contribution in [0.5, 0.6) is 0 Å². The number of halogens is 1. The Bertz CT molecular complexity index is 727. The summed E-state index contributed by atoms with van der Waals surface area (Å²) >= 11 is 0. The molecule has 0 radical (unpaired) electrons. The molecule has 0 saturated carbocycles. The third-order valence-corrected chi connectivity index (χ3v) is 2.99. The first-order valence-electron chi connectivity index (χ1n) is 6.58. The Morgan fingerprint density at radius 2 is 2.26 bits per heavy atom. The van der Waals surface area contributed by atoms with Gasteiger partial charge in [0.2, 0.25) is 5.91 Å². The largest absolute Gasteiger partial charge is 0.467 e. The van der Waals surface area contributed by atoms with Crippen LogP contribution >= 0.6 is 0 Å². The fraction of sp³-hybridized carbons (Fsp3) is 0.133. The molecule has 1 heterocycles. The zero-order chi connectivity index (χ0) is 16.8. The Kier molecular flexibility index (Phi) is 5.21. The van der Waals surface area contributed by atoms with E-state index in [0.29, 0.717) is 5.76 Å². The number of aliphatic hydroxyl groups is 1. The SMILES string of the molecule is O=C(/C=C/c1ccc(F)cc1[N+](=O)[O-])NC(CO)c1ccco1. The maximum atomic E-state index is 13.0. The highest BCUT2D eigenvalue weighted by atomic mass is 19.1. The van der Waals surface area contributed by atoms with Gasteiger partial charge in [0.15, 0.2) is 0 Å². The number of amides is 1. The highest BCUT2D eigenvalue weighted by Gasteiger charge is 2.16. The van der Waals surface area contributed by atoms with Gasteiger partial charge in [-0.05, 0) is 30.3 Å². The number of rotatable bonds is 6. The second-order valence-electron chi connectivity index (χ2n) is 4.55. The minimum absolute atomic E-state index is 0.0881. The molecule has 0 aliphatic heterocycles. The highest BCUT2D eigenvalue weighted by Crippen LogP contribution is 2.21. The number of nitro groups is 1. The van der Waals surface area contributed by atoms with Gasteiger partial charge in [-0.15, -0.1) is 0 Å². The molecule has 0 aliphatic rings. The summed E-state index contributed by atoms with van der Waals surface area (Å²) < 4.78 is 18.1. The monoisotopic (exact) mass is 320 g/mol. The van der Waals surface area contributed by atoms with Gasteiger partial charge < -0.3 is 14.8 Å². The van der Waals surface area contributed by atoms with Crippen molar-refractivity contribution in [2.24, 2.45) is 0 Å². The van der Waals surface area contributed by atoms with Crippen LogP contribution in [0.15, 0.2) is 47.1 Å². The number of carbonyl (C=O) groups excluding carboxylic acids is 1. The quantitative estimate of drug-likeness (QED) is 0.482. The van der Waals surface area contributed by atoms with E-state index in [1.54, 1.807) is 12.1 Å². The van der Waals surface area contributed by atoms with Crippen LogP contribution in [0.4, 0.5) is 10.1 Å². The van der Waals surface area contributed by atoms with Crippen LogP contribution < -0.4 is 5.32 Å². The van der Waals surface area contributed by atoms with Crippen LogP contribution in [0.2, 0.25) is 0 Å². The zero-order valence-corrected chi connectivity index (χ0v) is 11.8. The third kappa shape index (κ3) is 4.24. The second kappa shape index (κ2) is 7.32. The number of benzene rings is 1. The van der Waals surface area contributed by atoms with E-state index in [0.717, 1.165) is 18.2 Å². The number of nitrogens with one attached hydrogen (secondary N) is 1. The minimum Gasteiger partial charge on any atom is -0.467 e. The number of furan rings is 1.